The van der Waals surface area contributed by atoms with Gasteiger partial charge in [-0.1, -0.05) is 39.0 Å². The number of hydrogen-bond donors (Lipinski definition) is 3. The van der Waals surface area contributed by atoms with Gasteiger partial charge in [-0.15, -0.1) is 0 Å². The molecule has 0 atom stereocenters. The molecule has 0 aliphatic carbocycles. The largest absolute Gasteiger partial charge is 0.497 e. The zero-order valence-corrected chi connectivity index (χ0v) is 22.4. The van der Waals surface area contributed by atoms with Gasteiger partial charge in [0.2, 0.25) is 5.91 Å². The summed E-state index contributed by atoms with van der Waals surface area (Å²) in [6.07, 6.45) is 0.444. The lowest BCUT2D eigenvalue weighted by Crippen LogP contribution is -2.19. The second kappa shape index (κ2) is 11.4. The van der Waals surface area contributed by atoms with Crippen LogP contribution in [0.2, 0.25) is 0 Å². The maximum absolute atomic E-state index is 12.4. The Hall–Kier alpha value is -3.98. The molecule has 4 rings (SSSR count). The number of anilines is 4. The SMILES string of the molecule is COc1cc(Nc2nc3ccccc3nc2NSc2cccc(NC(=O)CC(C)(C)C)c2)cc(OC)c1. The molecule has 0 bridgehead atoms. The third-order valence-electron chi connectivity index (χ3n) is 5.26. The van der Waals surface area contributed by atoms with E-state index in [2.05, 4.69) is 15.4 Å². The number of amides is 1. The van der Waals surface area contributed by atoms with Crippen molar-refractivity contribution in [2.45, 2.75) is 32.1 Å². The first-order chi connectivity index (χ1) is 17.7. The quantitative estimate of drug-likeness (QED) is 0.207. The number of hydrogen-bond acceptors (Lipinski definition) is 8. The minimum atomic E-state index is -0.0804. The molecule has 1 amide bonds. The summed E-state index contributed by atoms with van der Waals surface area (Å²) >= 11 is 1.38. The van der Waals surface area contributed by atoms with Gasteiger partial charge in [0.25, 0.3) is 0 Å². The van der Waals surface area contributed by atoms with Gasteiger partial charge in [-0.05, 0) is 47.7 Å². The van der Waals surface area contributed by atoms with E-state index in [0.29, 0.717) is 29.6 Å². The number of ether oxygens (including phenoxy) is 2. The van der Waals surface area contributed by atoms with E-state index in [4.69, 9.17) is 19.4 Å². The molecular weight excluding hydrogens is 486 g/mol. The highest BCUT2D eigenvalue weighted by molar-refractivity contribution is 8.00. The molecule has 0 unspecified atom stereocenters. The summed E-state index contributed by atoms with van der Waals surface area (Å²) in [5.41, 5.74) is 2.94. The average molecular weight is 518 g/mol. The van der Waals surface area contributed by atoms with Crippen molar-refractivity contribution in [2.75, 3.05) is 29.6 Å². The summed E-state index contributed by atoms with van der Waals surface area (Å²) in [6, 6.07) is 20.9. The number of rotatable bonds is 9. The monoisotopic (exact) mass is 517 g/mol. The molecule has 0 saturated heterocycles. The van der Waals surface area contributed by atoms with Gasteiger partial charge >= 0.3 is 0 Å². The number of fused-ring (bicyclic) bond motifs is 1. The Morgan fingerprint density at radius 1 is 0.838 bits per heavy atom. The van der Waals surface area contributed by atoms with Gasteiger partial charge in [0, 0.05) is 40.9 Å². The molecule has 37 heavy (non-hydrogen) atoms. The highest BCUT2D eigenvalue weighted by Crippen LogP contribution is 2.33. The van der Waals surface area contributed by atoms with Gasteiger partial charge < -0.3 is 24.8 Å². The van der Waals surface area contributed by atoms with E-state index in [0.717, 1.165) is 27.3 Å². The van der Waals surface area contributed by atoms with Crippen molar-refractivity contribution in [3.05, 3.63) is 66.7 Å². The third-order valence-corrected chi connectivity index (χ3v) is 6.04. The van der Waals surface area contributed by atoms with Crippen molar-refractivity contribution >= 4 is 51.9 Å². The summed E-state index contributed by atoms with van der Waals surface area (Å²) < 4.78 is 14.1. The van der Waals surface area contributed by atoms with Gasteiger partial charge in [-0.3, -0.25) is 4.79 Å². The van der Waals surface area contributed by atoms with Crippen molar-refractivity contribution < 1.29 is 14.3 Å². The van der Waals surface area contributed by atoms with Gasteiger partial charge in [0.15, 0.2) is 11.6 Å². The number of nitrogens with one attached hydrogen (secondary N) is 3. The average Bonchev–Trinajstić information content (AvgIpc) is 2.86. The van der Waals surface area contributed by atoms with Crippen LogP contribution in [0.4, 0.5) is 23.0 Å². The molecule has 192 valence electrons. The molecule has 0 fully saturated rings. The molecule has 1 aromatic heterocycles. The van der Waals surface area contributed by atoms with Crippen LogP contribution in [0.15, 0.2) is 71.6 Å². The Balaban J connectivity index is 1.57. The number of methoxy groups -OCH3 is 2. The Morgan fingerprint density at radius 2 is 1.49 bits per heavy atom. The van der Waals surface area contributed by atoms with E-state index in [9.17, 15) is 4.79 Å². The van der Waals surface area contributed by atoms with Crippen LogP contribution >= 0.6 is 11.9 Å². The topological polar surface area (TPSA) is 97.4 Å². The van der Waals surface area contributed by atoms with Crippen molar-refractivity contribution in [3.63, 3.8) is 0 Å². The van der Waals surface area contributed by atoms with Crippen molar-refractivity contribution in [3.8, 4) is 11.5 Å². The fourth-order valence-electron chi connectivity index (χ4n) is 3.61. The second-order valence-electron chi connectivity index (χ2n) is 9.65. The summed E-state index contributed by atoms with van der Waals surface area (Å²) in [4.78, 5) is 22.9. The molecule has 0 radical (unpaired) electrons. The number of carbonyl (C=O) groups is 1. The number of aromatic nitrogens is 2. The van der Waals surface area contributed by atoms with E-state index in [1.807, 2.05) is 81.4 Å². The first-order valence-corrected chi connectivity index (χ1v) is 12.6. The Morgan fingerprint density at radius 3 is 2.11 bits per heavy atom. The zero-order chi connectivity index (χ0) is 26.4. The zero-order valence-electron chi connectivity index (χ0n) is 21.6. The molecule has 3 aromatic carbocycles. The molecule has 8 nitrogen and oxygen atoms in total. The maximum Gasteiger partial charge on any atom is 0.224 e. The van der Waals surface area contributed by atoms with Crippen LogP contribution in [0, 0.1) is 5.41 Å². The maximum atomic E-state index is 12.4. The molecular formula is C28H31N5O3S. The van der Waals surface area contributed by atoms with Crippen LogP contribution < -0.4 is 24.8 Å². The summed E-state index contributed by atoms with van der Waals surface area (Å²) in [5.74, 6) is 2.42. The minimum Gasteiger partial charge on any atom is -0.497 e. The van der Waals surface area contributed by atoms with Gasteiger partial charge in [0.1, 0.15) is 11.5 Å². The molecule has 3 N–H and O–H groups in total. The Kier molecular flexibility index (Phi) is 8.03. The first kappa shape index (κ1) is 26.1. The second-order valence-corrected chi connectivity index (χ2v) is 10.5. The van der Waals surface area contributed by atoms with E-state index < -0.39 is 0 Å². The molecule has 1 heterocycles. The Labute approximate surface area is 221 Å². The lowest BCUT2D eigenvalue weighted by atomic mass is 9.92. The van der Waals surface area contributed by atoms with Crippen LogP contribution in [0.25, 0.3) is 11.0 Å². The van der Waals surface area contributed by atoms with Crippen molar-refractivity contribution in [2.24, 2.45) is 5.41 Å². The van der Waals surface area contributed by atoms with Gasteiger partial charge in [-0.25, -0.2) is 9.97 Å². The van der Waals surface area contributed by atoms with Crippen LogP contribution in [0.5, 0.6) is 11.5 Å². The highest BCUT2D eigenvalue weighted by atomic mass is 32.2. The van der Waals surface area contributed by atoms with E-state index in [1.54, 1.807) is 20.3 Å². The molecule has 0 spiro atoms. The molecule has 0 aliphatic rings. The molecule has 4 aromatic rings. The van der Waals surface area contributed by atoms with Crippen LogP contribution in [-0.2, 0) is 4.79 Å². The van der Waals surface area contributed by atoms with E-state index in [1.165, 1.54) is 11.9 Å². The summed E-state index contributed by atoms with van der Waals surface area (Å²) in [6.45, 7) is 6.13. The van der Waals surface area contributed by atoms with Gasteiger partial charge in [-0.2, -0.15) is 0 Å². The van der Waals surface area contributed by atoms with E-state index in [-0.39, 0.29) is 11.3 Å². The predicted molar refractivity (Wildman–Crippen MR) is 151 cm³/mol. The molecule has 0 saturated carbocycles. The predicted octanol–water partition coefficient (Wildman–Crippen LogP) is 6.88. The van der Waals surface area contributed by atoms with Crippen molar-refractivity contribution in [1.82, 2.24) is 9.97 Å². The first-order valence-electron chi connectivity index (χ1n) is 11.8. The smallest absolute Gasteiger partial charge is 0.224 e. The fourth-order valence-corrected chi connectivity index (χ4v) is 4.30. The number of nitrogens with zero attached hydrogens (tertiary/aromatic N) is 2. The van der Waals surface area contributed by atoms with Gasteiger partial charge in [0.05, 0.1) is 25.3 Å². The molecule has 9 heteroatoms. The van der Waals surface area contributed by atoms with E-state index >= 15 is 0 Å². The number of para-hydroxylation sites is 2. The number of benzene rings is 3. The third kappa shape index (κ3) is 7.27. The van der Waals surface area contributed by atoms with Crippen LogP contribution in [-0.4, -0.2) is 30.1 Å². The fraction of sp³-hybridized carbons (Fsp3) is 0.250. The lowest BCUT2D eigenvalue weighted by molar-refractivity contribution is -0.117. The van der Waals surface area contributed by atoms with Crippen LogP contribution in [0.3, 0.4) is 0 Å². The molecule has 0 aliphatic heterocycles. The minimum absolute atomic E-state index is 0.0109. The van der Waals surface area contributed by atoms with Crippen molar-refractivity contribution in [1.29, 1.82) is 0 Å². The summed E-state index contributed by atoms with van der Waals surface area (Å²) in [5, 5.41) is 6.33. The highest BCUT2D eigenvalue weighted by Gasteiger charge is 2.16. The standard InChI is InChI=1S/C28H31N5O3S/c1-28(2,3)17-25(34)29-18-9-8-10-22(15-18)37-33-27-26(31-23-11-6-7-12-24(23)32-27)30-19-13-20(35-4)16-21(14-19)36-5/h6-16H,17H2,1-5H3,(H,29,34)(H,30,31)(H,32,33). The summed E-state index contributed by atoms with van der Waals surface area (Å²) in [7, 11) is 3.22. The Bertz CT molecular complexity index is 1380. The van der Waals surface area contributed by atoms with Crippen LogP contribution in [0.1, 0.15) is 27.2 Å². The number of carbonyl (C=O) groups excluding carboxylic acids is 1. The normalized spacial score (nSPS) is 11.2. The lowest BCUT2D eigenvalue weighted by Gasteiger charge is -2.17.